The van der Waals surface area contributed by atoms with Crippen molar-refractivity contribution in [1.29, 1.82) is 0 Å². The Morgan fingerprint density at radius 2 is 1.78 bits per heavy atom. The van der Waals surface area contributed by atoms with E-state index in [0.29, 0.717) is 0 Å². The zero-order valence-corrected chi connectivity index (χ0v) is 12.6. The molecule has 0 spiro atoms. The van der Waals surface area contributed by atoms with Crippen LogP contribution < -0.4 is 11.5 Å². The summed E-state index contributed by atoms with van der Waals surface area (Å²) in [6.07, 6.45) is 2.45. The minimum atomic E-state index is -0.526. The molecule has 1 heterocycles. The summed E-state index contributed by atoms with van der Waals surface area (Å²) in [5.74, 6) is -0.00218. The van der Waals surface area contributed by atoms with Crippen molar-refractivity contribution < 1.29 is 4.79 Å². The molecule has 0 aliphatic carbocycles. The molecule has 0 aromatic carbocycles. The van der Waals surface area contributed by atoms with Crippen LogP contribution in [0.1, 0.15) is 19.8 Å². The first-order valence-electron chi connectivity index (χ1n) is 6.15. The molecule has 1 rings (SSSR count). The summed E-state index contributed by atoms with van der Waals surface area (Å²) in [4.78, 5) is 16.0. The lowest BCUT2D eigenvalue weighted by Crippen LogP contribution is -2.54. The molecule has 4 N–H and O–H groups in total. The van der Waals surface area contributed by atoms with Gasteiger partial charge in [0.1, 0.15) is 0 Å². The van der Waals surface area contributed by atoms with E-state index in [2.05, 4.69) is 11.8 Å². The van der Waals surface area contributed by atoms with Crippen molar-refractivity contribution >= 4 is 30.7 Å². The second-order valence-electron chi connectivity index (χ2n) is 4.36. The van der Waals surface area contributed by atoms with Crippen molar-refractivity contribution in [3.05, 3.63) is 0 Å². The quantitative estimate of drug-likeness (QED) is 0.753. The fraction of sp³-hybridized carbons (Fsp3) is 0.909. The Kier molecular flexibility index (Phi) is 12.2. The first-order valence-corrected chi connectivity index (χ1v) is 6.15. The Morgan fingerprint density at radius 1 is 1.22 bits per heavy atom. The summed E-state index contributed by atoms with van der Waals surface area (Å²) < 4.78 is 0. The number of piperazine rings is 1. The van der Waals surface area contributed by atoms with Gasteiger partial charge in [0.05, 0.1) is 6.04 Å². The Hall–Kier alpha value is -0.0700. The van der Waals surface area contributed by atoms with Gasteiger partial charge in [0, 0.05) is 32.7 Å². The van der Waals surface area contributed by atoms with Crippen LogP contribution >= 0.6 is 24.8 Å². The van der Waals surface area contributed by atoms with Gasteiger partial charge in [-0.05, 0) is 13.0 Å². The van der Waals surface area contributed by atoms with Crippen LogP contribution in [-0.2, 0) is 4.79 Å². The van der Waals surface area contributed by atoms with E-state index in [4.69, 9.17) is 11.5 Å². The van der Waals surface area contributed by atoms with Crippen LogP contribution in [0.4, 0.5) is 0 Å². The standard InChI is InChI=1S/C11H24N4O.2ClH/c1-2-3-4-14-5-7-15(8-6-14)11(16)10(13)9-12;;/h10H,2-9,12-13H2,1H3;2*1H. The largest absolute Gasteiger partial charge is 0.339 e. The Bertz CT molecular complexity index is 223. The second-order valence-corrected chi connectivity index (χ2v) is 4.36. The maximum atomic E-state index is 11.8. The highest BCUT2D eigenvalue weighted by molar-refractivity contribution is 5.85. The van der Waals surface area contributed by atoms with Crippen molar-refractivity contribution in [2.24, 2.45) is 11.5 Å². The Morgan fingerprint density at radius 3 is 2.22 bits per heavy atom. The molecule has 0 saturated carbocycles. The van der Waals surface area contributed by atoms with E-state index in [9.17, 15) is 4.79 Å². The number of unbranched alkanes of at least 4 members (excludes halogenated alkanes) is 1. The third kappa shape index (κ3) is 6.20. The van der Waals surface area contributed by atoms with Gasteiger partial charge in [0.25, 0.3) is 0 Å². The molecule has 0 aromatic rings. The molecule has 1 aliphatic heterocycles. The Balaban J connectivity index is 0. The summed E-state index contributed by atoms with van der Waals surface area (Å²) >= 11 is 0. The molecular weight excluding hydrogens is 275 g/mol. The lowest BCUT2D eigenvalue weighted by molar-refractivity contribution is -0.134. The average molecular weight is 301 g/mol. The van der Waals surface area contributed by atoms with Crippen LogP contribution in [0.2, 0.25) is 0 Å². The molecule has 7 heteroatoms. The van der Waals surface area contributed by atoms with E-state index < -0.39 is 6.04 Å². The van der Waals surface area contributed by atoms with Crippen molar-refractivity contribution in [2.75, 3.05) is 39.3 Å². The predicted octanol–water partition coefficient (Wildman–Crippen LogP) is 0.0603. The monoisotopic (exact) mass is 300 g/mol. The Labute approximate surface area is 122 Å². The van der Waals surface area contributed by atoms with E-state index in [0.717, 1.165) is 32.7 Å². The molecule has 5 nitrogen and oxygen atoms in total. The molecule has 1 fully saturated rings. The number of hydrogen-bond acceptors (Lipinski definition) is 4. The van der Waals surface area contributed by atoms with Gasteiger partial charge in [-0.15, -0.1) is 24.8 Å². The number of halogens is 2. The fourth-order valence-corrected chi connectivity index (χ4v) is 1.91. The van der Waals surface area contributed by atoms with Gasteiger partial charge >= 0.3 is 0 Å². The topological polar surface area (TPSA) is 75.6 Å². The molecule has 0 bridgehead atoms. The summed E-state index contributed by atoms with van der Waals surface area (Å²) in [6.45, 7) is 7.06. The normalized spacial score (nSPS) is 17.6. The highest BCUT2D eigenvalue weighted by atomic mass is 35.5. The molecule has 1 unspecified atom stereocenters. The highest BCUT2D eigenvalue weighted by Crippen LogP contribution is 2.04. The molecule has 1 atom stereocenters. The maximum Gasteiger partial charge on any atom is 0.240 e. The summed E-state index contributed by atoms with van der Waals surface area (Å²) in [6, 6.07) is -0.526. The summed E-state index contributed by atoms with van der Waals surface area (Å²) in [7, 11) is 0. The van der Waals surface area contributed by atoms with E-state index in [1.165, 1.54) is 12.8 Å². The van der Waals surface area contributed by atoms with E-state index in [1.807, 2.05) is 4.90 Å². The SMILES string of the molecule is CCCCN1CCN(C(=O)C(N)CN)CC1.Cl.Cl. The van der Waals surface area contributed by atoms with E-state index in [-0.39, 0.29) is 37.3 Å². The van der Waals surface area contributed by atoms with Crippen LogP contribution in [-0.4, -0.2) is 61.0 Å². The van der Waals surface area contributed by atoms with Crippen LogP contribution in [0.3, 0.4) is 0 Å². The highest BCUT2D eigenvalue weighted by Gasteiger charge is 2.23. The molecule has 1 amide bonds. The molecule has 18 heavy (non-hydrogen) atoms. The number of hydrogen-bond donors (Lipinski definition) is 2. The minimum Gasteiger partial charge on any atom is -0.339 e. The van der Waals surface area contributed by atoms with Crippen LogP contribution in [0, 0.1) is 0 Å². The van der Waals surface area contributed by atoms with Gasteiger partial charge in [-0.25, -0.2) is 0 Å². The molecule has 0 aromatic heterocycles. The molecule has 0 radical (unpaired) electrons. The van der Waals surface area contributed by atoms with Gasteiger partial charge in [-0.2, -0.15) is 0 Å². The minimum absolute atomic E-state index is 0. The second kappa shape index (κ2) is 10.8. The average Bonchev–Trinajstić information content (AvgIpc) is 2.35. The maximum absolute atomic E-state index is 11.8. The first-order chi connectivity index (χ1) is 7.69. The van der Waals surface area contributed by atoms with Crippen LogP contribution in [0.15, 0.2) is 0 Å². The third-order valence-electron chi connectivity index (χ3n) is 3.08. The molecule has 110 valence electrons. The lowest BCUT2D eigenvalue weighted by Gasteiger charge is -2.35. The molecular formula is C11H26Cl2N4O. The van der Waals surface area contributed by atoms with Gasteiger partial charge in [-0.1, -0.05) is 13.3 Å². The first kappa shape index (κ1) is 20.3. The van der Waals surface area contributed by atoms with Crippen LogP contribution in [0.5, 0.6) is 0 Å². The fourth-order valence-electron chi connectivity index (χ4n) is 1.91. The third-order valence-corrected chi connectivity index (χ3v) is 3.08. The van der Waals surface area contributed by atoms with E-state index in [1.54, 1.807) is 0 Å². The van der Waals surface area contributed by atoms with Crippen molar-refractivity contribution in [1.82, 2.24) is 9.80 Å². The number of nitrogens with two attached hydrogens (primary N) is 2. The van der Waals surface area contributed by atoms with Gasteiger partial charge in [0.2, 0.25) is 5.91 Å². The summed E-state index contributed by atoms with van der Waals surface area (Å²) in [5.41, 5.74) is 11.0. The van der Waals surface area contributed by atoms with Crippen molar-refractivity contribution in [3.8, 4) is 0 Å². The zero-order chi connectivity index (χ0) is 12.0. The van der Waals surface area contributed by atoms with Crippen LogP contribution in [0.25, 0.3) is 0 Å². The smallest absolute Gasteiger partial charge is 0.240 e. The molecule has 1 aliphatic rings. The van der Waals surface area contributed by atoms with E-state index >= 15 is 0 Å². The van der Waals surface area contributed by atoms with Gasteiger partial charge < -0.3 is 16.4 Å². The number of rotatable bonds is 5. The van der Waals surface area contributed by atoms with Gasteiger partial charge in [0.15, 0.2) is 0 Å². The number of carbonyl (C=O) groups is 1. The number of amides is 1. The zero-order valence-electron chi connectivity index (χ0n) is 11.0. The number of carbonyl (C=O) groups excluding carboxylic acids is 1. The van der Waals surface area contributed by atoms with Gasteiger partial charge in [-0.3, -0.25) is 9.69 Å². The molecule has 1 saturated heterocycles. The van der Waals surface area contributed by atoms with Crippen molar-refractivity contribution in [2.45, 2.75) is 25.8 Å². The predicted molar refractivity (Wildman–Crippen MR) is 79.5 cm³/mol. The summed E-state index contributed by atoms with van der Waals surface area (Å²) in [5, 5.41) is 0. The number of nitrogens with zero attached hydrogens (tertiary/aromatic N) is 2. The lowest BCUT2D eigenvalue weighted by atomic mass is 10.2. The van der Waals surface area contributed by atoms with Crippen molar-refractivity contribution in [3.63, 3.8) is 0 Å².